The van der Waals surface area contributed by atoms with Gasteiger partial charge in [-0.15, -0.1) is 0 Å². The molecule has 2 bridgehead atoms. The van der Waals surface area contributed by atoms with E-state index in [2.05, 4.69) is 21.9 Å². The second-order valence-corrected chi connectivity index (χ2v) is 5.37. The van der Waals surface area contributed by atoms with Gasteiger partial charge < -0.3 is 10.6 Å². The lowest BCUT2D eigenvalue weighted by Gasteiger charge is -2.35. The van der Waals surface area contributed by atoms with E-state index in [1.54, 1.807) is 0 Å². The molecule has 0 radical (unpaired) electrons. The second kappa shape index (κ2) is 4.35. The minimum atomic E-state index is 0.527. The van der Waals surface area contributed by atoms with Crippen molar-refractivity contribution in [1.29, 1.82) is 0 Å². The van der Waals surface area contributed by atoms with E-state index in [1.807, 2.05) is 12.4 Å². The molecule has 0 aliphatic carbocycles. The van der Waals surface area contributed by atoms with Gasteiger partial charge in [0.1, 0.15) is 5.82 Å². The first-order valence-electron chi connectivity index (χ1n) is 6.50. The molecule has 3 heterocycles. The lowest BCUT2D eigenvalue weighted by molar-refractivity contribution is 0.159. The summed E-state index contributed by atoms with van der Waals surface area (Å²) in [6.45, 7) is 0.527. The second-order valence-electron chi connectivity index (χ2n) is 5.37. The molecular formula is C13H20N4. The average molecular weight is 232 g/mol. The van der Waals surface area contributed by atoms with Gasteiger partial charge in [-0.3, -0.25) is 0 Å². The summed E-state index contributed by atoms with van der Waals surface area (Å²) in [6, 6.07) is 1.49. The highest BCUT2D eigenvalue weighted by Gasteiger charge is 2.39. The zero-order valence-electron chi connectivity index (χ0n) is 10.3. The molecule has 0 saturated carbocycles. The van der Waals surface area contributed by atoms with Gasteiger partial charge in [-0.1, -0.05) is 0 Å². The quantitative estimate of drug-likeness (QED) is 0.834. The van der Waals surface area contributed by atoms with E-state index >= 15 is 0 Å². The van der Waals surface area contributed by atoms with Gasteiger partial charge in [0.05, 0.1) is 0 Å². The molecule has 4 heteroatoms. The van der Waals surface area contributed by atoms with Crippen LogP contribution in [0.3, 0.4) is 0 Å². The fraction of sp³-hybridized carbons (Fsp3) is 0.692. The number of nitrogens with two attached hydrogens (primary N) is 1. The Labute approximate surface area is 102 Å². The van der Waals surface area contributed by atoms with E-state index in [0.717, 1.165) is 23.5 Å². The fourth-order valence-corrected chi connectivity index (χ4v) is 3.30. The monoisotopic (exact) mass is 232 g/mol. The summed E-state index contributed by atoms with van der Waals surface area (Å²) in [4.78, 5) is 11.5. The lowest BCUT2D eigenvalue weighted by Crippen LogP contribution is -2.39. The molecule has 0 aromatic carbocycles. The van der Waals surface area contributed by atoms with Crippen LogP contribution in [0, 0.1) is 0 Å². The molecule has 2 fully saturated rings. The van der Waals surface area contributed by atoms with Crippen LogP contribution in [0.25, 0.3) is 0 Å². The molecule has 2 N–H and O–H groups in total. The van der Waals surface area contributed by atoms with Crippen LogP contribution in [0.15, 0.2) is 12.4 Å². The smallest absolute Gasteiger partial charge is 0.131 e. The van der Waals surface area contributed by atoms with Crippen LogP contribution < -0.4 is 5.73 Å². The number of nitrogens with zero attached hydrogens (tertiary/aromatic N) is 3. The van der Waals surface area contributed by atoms with Crippen LogP contribution in [-0.4, -0.2) is 34.0 Å². The first-order chi connectivity index (χ1) is 8.28. The van der Waals surface area contributed by atoms with Crippen LogP contribution >= 0.6 is 0 Å². The predicted octanol–water partition coefficient (Wildman–Crippen LogP) is 1.28. The van der Waals surface area contributed by atoms with Crippen molar-refractivity contribution >= 4 is 0 Å². The van der Waals surface area contributed by atoms with E-state index in [0.29, 0.717) is 12.5 Å². The maximum absolute atomic E-state index is 5.56. The van der Waals surface area contributed by atoms with E-state index in [4.69, 9.17) is 5.73 Å². The number of piperidine rings is 1. The Balaban J connectivity index is 1.76. The van der Waals surface area contributed by atoms with Crippen molar-refractivity contribution in [2.45, 2.75) is 50.2 Å². The van der Waals surface area contributed by atoms with Gasteiger partial charge in [0.15, 0.2) is 0 Å². The van der Waals surface area contributed by atoms with Crippen LogP contribution in [0.5, 0.6) is 0 Å². The minimum Gasteiger partial charge on any atom is -0.326 e. The Morgan fingerprint density at radius 1 is 1.24 bits per heavy atom. The number of aromatic nitrogens is 2. The summed E-state index contributed by atoms with van der Waals surface area (Å²) in [6.07, 6.45) is 8.88. The standard InChI is InChI=1S/C13H20N4/c1-17-11-2-3-12(17)5-10(4-11)13-15-7-9(6-14)8-16-13/h7-8,10-12H,2-6,14H2,1H3. The molecule has 2 unspecified atom stereocenters. The number of hydrogen-bond acceptors (Lipinski definition) is 4. The summed E-state index contributed by atoms with van der Waals surface area (Å²) >= 11 is 0. The molecule has 2 aliphatic heterocycles. The largest absolute Gasteiger partial charge is 0.326 e. The van der Waals surface area contributed by atoms with Gasteiger partial charge in [-0.25, -0.2) is 9.97 Å². The average Bonchev–Trinajstić information content (AvgIpc) is 2.61. The zero-order valence-corrected chi connectivity index (χ0v) is 10.3. The molecule has 1 aromatic rings. The van der Waals surface area contributed by atoms with Crippen molar-refractivity contribution in [2.75, 3.05) is 7.05 Å². The van der Waals surface area contributed by atoms with Gasteiger partial charge in [-0.05, 0) is 32.7 Å². The third-order valence-electron chi connectivity index (χ3n) is 4.42. The summed E-state index contributed by atoms with van der Waals surface area (Å²) in [5.74, 6) is 1.57. The Bertz CT molecular complexity index is 375. The van der Waals surface area contributed by atoms with E-state index in [9.17, 15) is 0 Å². The highest BCUT2D eigenvalue weighted by atomic mass is 15.2. The molecule has 4 nitrogen and oxygen atoms in total. The van der Waals surface area contributed by atoms with Crippen LogP contribution in [-0.2, 0) is 6.54 Å². The van der Waals surface area contributed by atoms with Crippen molar-refractivity contribution < 1.29 is 0 Å². The molecular weight excluding hydrogens is 212 g/mol. The molecule has 92 valence electrons. The van der Waals surface area contributed by atoms with Crippen molar-refractivity contribution in [2.24, 2.45) is 5.73 Å². The van der Waals surface area contributed by atoms with Crippen molar-refractivity contribution in [3.8, 4) is 0 Å². The summed E-state index contributed by atoms with van der Waals surface area (Å²) in [5.41, 5.74) is 6.58. The van der Waals surface area contributed by atoms with Gasteiger partial charge in [-0.2, -0.15) is 0 Å². The molecule has 2 aliphatic rings. The fourth-order valence-electron chi connectivity index (χ4n) is 3.30. The molecule has 17 heavy (non-hydrogen) atoms. The highest BCUT2D eigenvalue weighted by molar-refractivity contribution is 5.10. The maximum Gasteiger partial charge on any atom is 0.131 e. The van der Waals surface area contributed by atoms with Gasteiger partial charge in [0.25, 0.3) is 0 Å². The van der Waals surface area contributed by atoms with E-state index in [1.165, 1.54) is 25.7 Å². The normalized spacial score (nSPS) is 32.9. The summed E-state index contributed by atoms with van der Waals surface area (Å²) in [5, 5.41) is 0. The molecule has 0 spiro atoms. The predicted molar refractivity (Wildman–Crippen MR) is 66.5 cm³/mol. The number of fused-ring (bicyclic) bond motifs is 2. The number of hydrogen-bond donors (Lipinski definition) is 1. The maximum atomic E-state index is 5.56. The third kappa shape index (κ3) is 1.96. The van der Waals surface area contributed by atoms with E-state index < -0.39 is 0 Å². The molecule has 0 amide bonds. The zero-order chi connectivity index (χ0) is 11.8. The Morgan fingerprint density at radius 2 is 1.82 bits per heavy atom. The third-order valence-corrected chi connectivity index (χ3v) is 4.42. The highest BCUT2D eigenvalue weighted by Crippen LogP contribution is 2.40. The lowest BCUT2D eigenvalue weighted by atomic mass is 9.90. The van der Waals surface area contributed by atoms with Crippen LogP contribution in [0.4, 0.5) is 0 Å². The van der Waals surface area contributed by atoms with Gasteiger partial charge >= 0.3 is 0 Å². The molecule has 1 aromatic heterocycles. The van der Waals surface area contributed by atoms with Crippen molar-refractivity contribution in [1.82, 2.24) is 14.9 Å². The first kappa shape index (κ1) is 11.1. The van der Waals surface area contributed by atoms with Crippen molar-refractivity contribution in [3.63, 3.8) is 0 Å². The Kier molecular flexibility index (Phi) is 2.84. The molecule has 3 rings (SSSR count). The Hall–Kier alpha value is -1.00. The first-order valence-corrected chi connectivity index (χ1v) is 6.50. The van der Waals surface area contributed by atoms with Gasteiger partial charge in [0, 0.05) is 42.5 Å². The summed E-state index contributed by atoms with van der Waals surface area (Å²) < 4.78 is 0. The SMILES string of the molecule is CN1C2CCC1CC(c1ncc(CN)cn1)C2. The van der Waals surface area contributed by atoms with Gasteiger partial charge in [0.2, 0.25) is 0 Å². The topological polar surface area (TPSA) is 55.0 Å². The summed E-state index contributed by atoms with van der Waals surface area (Å²) in [7, 11) is 2.26. The van der Waals surface area contributed by atoms with Crippen molar-refractivity contribution in [3.05, 3.63) is 23.8 Å². The van der Waals surface area contributed by atoms with Crippen LogP contribution in [0.1, 0.15) is 43.0 Å². The molecule has 2 atom stereocenters. The molecule has 2 saturated heterocycles. The Morgan fingerprint density at radius 3 is 2.35 bits per heavy atom. The van der Waals surface area contributed by atoms with Crippen LogP contribution in [0.2, 0.25) is 0 Å². The van der Waals surface area contributed by atoms with E-state index in [-0.39, 0.29) is 0 Å². The minimum absolute atomic E-state index is 0.527. The number of rotatable bonds is 2.